The molecule has 0 saturated carbocycles. The Kier molecular flexibility index (Phi) is 6.19. The molecule has 1 N–H and O–H groups in total. The maximum absolute atomic E-state index is 13.6. The fraction of sp³-hybridized carbons (Fsp3) is 0.462. The van der Waals surface area contributed by atoms with Gasteiger partial charge in [0.05, 0.1) is 5.56 Å². The zero-order chi connectivity index (χ0) is 16.4. The van der Waals surface area contributed by atoms with Gasteiger partial charge in [0, 0.05) is 21.2 Å². The Balaban J connectivity index is 3.10. The van der Waals surface area contributed by atoms with Crippen LogP contribution in [0.2, 0.25) is 0 Å². The van der Waals surface area contributed by atoms with E-state index in [9.17, 15) is 17.6 Å². The highest BCUT2D eigenvalue weighted by Crippen LogP contribution is 2.26. The van der Waals surface area contributed by atoms with Crippen LogP contribution in [-0.2, 0) is 9.05 Å². The van der Waals surface area contributed by atoms with Gasteiger partial charge in [-0.1, -0.05) is 13.8 Å². The summed E-state index contributed by atoms with van der Waals surface area (Å²) in [5.41, 5.74) is 0.0197. The van der Waals surface area contributed by atoms with Gasteiger partial charge in [0.1, 0.15) is 10.7 Å². The first-order valence-electron chi connectivity index (χ1n) is 6.27. The van der Waals surface area contributed by atoms with Gasteiger partial charge in [-0.3, -0.25) is 4.79 Å². The van der Waals surface area contributed by atoms with Crippen LogP contribution in [0.1, 0.15) is 37.6 Å². The third-order valence-electron chi connectivity index (χ3n) is 2.73. The largest absolute Gasteiger partial charge is 0.350 e. The SMILES string of the molecule is CC(C)CC(C)NC(=O)c1cc(S(=O)(=O)Cl)c(F)cc1Br. The van der Waals surface area contributed by atoms with Gasteiger partial charge < -0.3 is 5.32 Å². The highest BCUT2D eigenvalue weighted by molar-refractivity contribution is 9.10. The molecule has 1 aromatic carbocycles. The molecule has 118 valence electrons. The Hall–Kier alpha value is -0.660. The van der Waals surface area contributed by atoms with Crippen LogP contribution >= 0.6 is 26.6 Å². The summed E-state index contributed by atoms with van der Waals surface area (Å²) in [4.78, 5) is 11.4. The van der Waals surface area contributed by atoms with Crippen LogP contribution in [0.3, 0.4) is 0 Å². The first-order chi connectivity index (χ1) is 9.52. The quantitative estimate of drug-likeness (QED) is 0.767. The van der Waals surface area contributed by atoms with E-state index in [-0.39, 0.29) is 16.1 Å². The molecule has 0 spiro atoms. The van der Waals surface area contributed by atoms with E-state index in [1.165, 1.54) is 0 Å². The van der Waals surface area contributed by atoms with Crippen LogP contribution in [0.25, 0.3) is 0 Å². The van der Waals surface area contributed by atoms with Gasteiger partial charge >= 0.3 is 0 Å². The smallest absolute Gasteiger partial charge is 0.264 e. The number of nitrogens with one attached hydrogen (secondary N) is 1. The molecular formula is C13H16BrClFNO3S. The number of amides is 1. The number of rotatable bonds is 5. The Morgan fingerprint density at radius 1 is 1.38 bits per heavy atom. The van der Waals surface area contributed by atoms with E-state index in [1.807, 2.05) is 20.8 Å². The van der Waals surface area contributed by atoms with E-state index in [4.69, 9.17) is 10.7 Å². The van der Waals surface area contributed by atoms with Crippen molar-refractivity contribution < 1.29 is 17.6 Å². The second kappa shape index (κ2) is 7.07. The summed E-state index contributed by atoms with van der Waals surface area (Å²) in [7, 11) is 0.895. The first kappa shape index (κ1) is 18.4. The van der Waals surface area contributed by atoms with Crippen LogP contribution in [0, 0.1) is 11.7 Å². The summed E-state index contributed by atoms with van der Waals surface area (Å²) in [5, 5.41) is 2.74. The number of hydrogen-bond donors (Lipinski definition) is 1. The van der Waals surface area contributed by atoms with E-state index in [1.54, 1.807) is 0 Å². The van der Waals surface area contributed by atoms with Crippen molar-refractivity contribution in [2.45, 2.75) is 38.1 Å². The van der Waals surface area contributed by atoms with Crippen molar-refractivity contribution in [1.29, 1.82) is 0 Å². The molecule has 0 aliphatic rings. The second-order valence-electron chi connectivity index (χ2n) is 5.20. The molecule has 1 rings (SSSR count). The van der Waals surface area contributed by atoms with Crippen molar-refractivity contribution in [3.63, 3.8) is 0 Å². The third kappa shape index (κ3) is 5.23. The first-order valence-corrected chi connectivity index (χ1v) is 9.37. The molecule has 0 radical (unpaired) electrons. The van der Waals surface area contributed by atoms with Gasteiger partial charge in [-0.05, 0) is 47.3 Å². The topological polar surface area (TPSA) is 63.2 Å². The molecule has 0 aromatic heterocycles. The fourth-order valence-electron chi connectivity index (χ4n) is 1.96. The lowest BCUT2D eigenvalue weighted by atomic mass is 10.0. The van der Waals surface area contributed by atoms with Gasteiger partial charge in [-0.2, -0.15) is 0 Å². The monoisotopic (exact) mass is 399 g/mol. The van der Waals surface area contributed by atoms with Gasteiger partial charge in [0.25, 0.3) is 15.0 Å². The molecular weight excluding hydrogens is 385 g/mol. The highest BCUT2D eigenvalue weighted by atomic mass is 79.9. The molecule has 1 aromatic rings. The summed E-state index contributed by atoms with van der Waals surface area (Å²) in [6.07, 6.45) is 0.769. The van der Waals surface area contributed by atoms with Gasteiger partial charge in [-0.15, -0.1) is 0 Å². The van der Waals surface area contributed by atoms with Crippen molar-refractivity contribution in [2.75, 3.05) is 0 Å². The Labute approximate surface area is 136 Å². The number of benzene rings is 1. The van der Waals surface area contributed by atoms with Gasteiger partial charge in [0.15, 0.2) is 0 Å². The lowest BCUT2D eigenvalue weighted by Gasteiger charge is -2.16. The van der Waals surface area contributed by atoms with Crippen molar-refractivity contribution in [2.24, 2.45) is 5.92 Å². The van der Waals surface area contributed by atoms with Crippen LogP contribution in [0.15, 0.2) is 21.5 Å². The third-order valence-corrected chi connectivity index (χ3v) is 4.72. The summed E-state index contributed by atoms with van der Waals surface area (Å²) < 4.78 is 36.3. The maximum Gasteiger partial charge on any atom is 0.264 e. The molecule has 1 unspecified atom stereocenters. The molecule has 0 fully saturated rings. The van der Waals surface area contributed by atoms with Crippen molar-refractivity contribution >= 4 is 41.6 Å². The summed E-state index contributed by atoms with van der Waals surface area (Å²) in [6.45, 7) is 5.89. The number of carbonyl (C=O) groups is 1. The molecule has 0 aliphatic heterocycles. The molecule has 1 amide bonds. The minimum absolute atomic E-state index is 0.0197. The minimum Gasteiger partial charge on any atom is -0.350 e. The minimum atomic E-state index is -4.26. The average Bonchev–Trinajstić information content (AvgIpc) is 2.24. The predicted octanol–water partition coefficient (Wildman–Crippen LogP) is 3.68. The van der Waals surface area contributed by atoms with Crippen molar-refractivity contribution in [3.05, 3.63) is 28.0 Å². The summed E-state index contributed by atoms with van der Waals surface area (Å²) >= 11 is 3.05. The average molecular weight is 401 g/mol. The van der Waals surface area contributed by atoms with Crippen LogP contribution in [0.4, 0.5) is 4.39 Å². The van der Waals surface area contributed by atoms with E-state index in [2.05, 4.69) is 21.2 Å². The second-order valence-corrected chi connectivity index (χ2v) is 8.59. The predicted molar refractivity (Wildman–Crippen MR) is 83.5 cm³/mol. The lowest BCUT2D eigenvalue weighted by Crippen LogP contribution is -2.33. The van der Waals surface area contributed by atoms with E-state index >= 15 is 0 Å². The number of halogens is 3. The molecule has 21 heavy (non-hydrogen) atoms. The molecule has 0 aliphatic carbocycles. The van der Waals surface area contributed by atoms with E-state index < -0.39 is 25.7 Å². The van der Waals surface area contributed by atoms with Crippen molar-refractivity contribution in [3.8, 4) is 0 Å². The van der Waals surface area contributed by atoms with E-state index in [0.717, 1.165) is 18.6 Å². The molecule has 8 heteroatoms. The molecule has 0 heterocycles. The Morgan fingerprint density at radius 2 is 1.95 bits per heavy atom. The Bertz CT molecular complexity index is 649. The molecule has 1 atom stereocenters. The standard InChI is InChI=1S/C13H16BrClFNO3S/c1-7(2)4-8(3)17-13(18)9-5-12(21(15,19)20)11(16)6-10(9)14/h5-8H,4H2,1-3H3,(H,17,18). The molecule has 0 bridgehead atoms. The number of carbonyl (C=O) groups excluding carboxylic acids is 1. The molecule has 4 nitrogen and oxygen atoms in total. The number of hydrogen-bond acceptors (Lipinski definition) is 3. The summed E-state index contributed by atoms with van der Waals surface area (Å²) in [6, 6.07) is 1.75. The summed E-state index contributed by atoms with van der Waals surface area (Å²) in [5.74, 6) is -1.10. The highest BCUT2D eigenvalue weighted by Gasteiger charge is 2.22. The molecule has 0 saturated heterocycles. The van der Waals surface area contributed by atoms with Gasteiger partial charge in [0.2, 0.25) is 0 Å². The van der Waals surface area contributed by atoms with Crippen LogP contribution in [0.5, 0.6) is 0 Å². The zero-order valence-electron chi connectivity index (χ0n) is 11.8. The van der Waals surface area contributed by atoms with Crippen LogP contribution in [-0.4, -0.2) is 20.4 Å². The fourth-order valence-corrected chi connectivity index (χ4v) is 3.36. The maximum atomic E-state index is 13.6. The van der Waals surface area contributed by atoms with Crippen LogP contribution < -0.4 is 5.32 Å². The Morgan fingerprint density at radius 3 is 2.43 bits per heavy atom. The van der Waals surface area contributed by atoms with E-state index in [0.29, 0.717) is 5.92 Å². The zero-order valence-corrected chi connectivity index (χ0v) is 14.9. The normalized spacial score (nSPS) is 13.3. The lowest BCUT2D eigenvalue weighted by molar-refractivity contribution is 0.0935. The van der Waals surface area contributed by atoms with Gasteiger partial charge in [-0.25, -0.2) is 12.8 Å². The van der Waals surface area contributed by atoms with Crippen molar-refractivity contribution in [1.82, 2.24) is 5.32 Å².